The number of hydrogen-bond donors (Lipinski definition) is 0. The number of rotatable bonds is 6. The molecule has 2 aromatic carbocycles. The Hall–Kier alpha value is -3.61. The second-order valence-electron chi connectivity index (χ2n) is 7.37. The van der Waals surface area contributed by atoms with Gasteiger partial charge < -0.3 is 18.8 Å². The molecule has 6 nitrogen and oxygen atoms in total. The topological polar surface area (TPSA) is 66.8 Å². The number of carbonyl (C=O) groups is 2. The van der Waals surface area contributed by atoms with Gasteiger partial charge in [0.05, 0.1) is 12.1 Å². The van der Waals surface area contributed by atoms with Gasteiger partial charge in [-0.05, 0) is 44.2 Å². The van der Waals surface area contributed by atoms with Gasteiger partial charge in [0.2, 0.25) is 5.78 Å². The van der Waals surface area contributed by atoms with Gasteiger partial charge in [0.25, 0.3) is 0 Å². The number of benzene rings is 2. The maximum Gasteiger partial charge on any atom is 0.341 e. The van der Waals surface area contributed by atoms with Gasteiger partial charge in [-0.25, -0.2) is 9.18 Å². The van der Waals surface area contributed by atoms with Crippen molar-refractivity contribution in [3.8, 4) is 11.5 Å². The summed E-state index contributed by atoms with van der Waals surface area (Å²) in [5.74, 6) is -0.499. The van der Waals surface area contributed by atoms with E-state index >= 15 is 0 Å². The summed E-state index contributed by atoms with van der Waals surface area (Å²) in [7, 11) is 0. The number of ketones is 1. The van der Waals surface area contributed by atoms with Crippen molar-refractivity contribution >= 4 is 11.8 Å². The van der Waals surface area contributed by atoms with Gasteiger partial charge in [-0.3, -0.25) is 4.79 Å². The second-order valence-corrected chi connectivity index (χ2v) is 7.37. The fraction of sp³-hybridized carbons (Fsp3) is 0.250. The number of para-hydroxylation sites is 2. The highest BCUT2D eigenvalue weighted by atomic mass is 19.1. The predicted molar refractivity (Wildman–Crippen MR) is 111 cm³/mol. The summed E-state index contributed by atoms with van der Waals surface area (Å²) >= 11 is 0. The van der Waals surface area contributed by atoms with Gasteiger partial charge in [-0.1, -0.05) is 24.3 Å². The van der Waals surface area contributed by atoms with Crippen LogP contribution in [0, 0.1) is 19.7 Å². The molecule has 7 heteroatoms. The van der Waals surface area contributed by atoms with E-state index in [-0.39, 0.29) is 17.5 Å². The molecule has 0 amide bonds. The molecule has 2 heterocycles. The Morgan fingerprint density at radius 1 is 1.06 bits per heavy atom. The van der Waals surface area contributed by atoms with Crippen LogP contribution in [0.1, 0.15) is 32.1 Å². The van der Waals surface area contributed by atoms with E-state index in [0.29, 0.717) is 30.2 Å². The molecular weight excluding hydrogens is 401 g/mol. The van der Waals surface area contributed by atoms with E-state index in [1.54, 1.807) is 6.07 Å². The Morgan fingerprint density at radius 3 is 2.55 bits per heavy atom. The van der Waals surface area contributed by atoms with Gasteiger partial charge >= 0.3 is 5.97 Å². The first-order valence-corrected chi connectivity index (χ1v) is 9.94. The number of ether oxygens (including phenoxy) is 3. The zero-order valence-corrected chi connectivity index (χ0v) is 17.3. The van der Waals surface area contributed by atoms with Crippen LogP contribution in [0.4, 0.5) is 4.39 Å². The summed E-state index contributed by atoms with van der Waals surface area (Å²) in [6, 6.07) is 14.7. The molecule has 0 saturated carbocycles. The van der Waals surface area contributed by atoms with Crippen molar-refractivity contribution in [1.82, 2.24) is 4.57 Å². The molecule has 1 aliphatic rings. The van der Waals surface area contributed by atoms with Crippen molar-refractivity contribution in [1.29, 1.82) is 0 Å². The van der Waals surface area contributed by atoms with Crippen molar-refractivity contribution in [2.45, 2.75) is 26.5 Å². The summed E-state index contributed by atoms with van der Waals surface area (Å²) in [6.45, 7) is 4.17. The summed E-state index contributed by atoms with van der Waals surface area (Å²) in [6.07, 6.45) is -0.207. The van der Waals surface area contributed by atoms with E-state index in [1.807, 2.05) is 42.7 Å². The number of aryl methyl sites for hydroxylation is 1. The van der Waals surface area contributed by atoms with Crippen molar-refractivity contribution in [2.75, 3.05) is 13.2 Å². The predicted octanol–water partition coefficient (Wildman–Crippen LogP) is 4.12. The Balaban J connectivity index is 1.42. The highest BCUT2D eigenvalue weighted by Gasteiger charge is 2.24. The first-order chi connectivity index (χ1) is 14.9. The van der Waals surface area contributed by atoms with Crippen LogP contribution < -0.4 is 9.47 Å². The molecular formula is C24H22FNO5. The summed E-state index contributed by atoms with van der Waals surface area (Å²) in [5, 5.41) is 0. The van der Waals surface area contributed by atoms with Crippen LogP contribution in [0.3, 0.4) is 0 Å². The minimum Gasteiger partial charge on any atom is -0.486 e. The van der Waals surface area contributed by atoms with Crippen molar-refractivity contribution < 1.29 is 28.2 Å². The number of hydrogen-bond acceptors (Lipinski definition) is 5. The molecule has 31 heavy (non-hydrogen) atoms. The van der Waals surface area contributed by atoms with Gasteiger partial charge in [0, 0.05) is 17.0 Å². The minimum absolute atomic E-state index is 0.199. The molecule has 0 saturated heterocycles. The van der Waals surface area contributed by atoms with Crippen LogP contribution in [0.25, 0.3) is 0 Å². The van der Waals surface area contributed by atoms with Crippen LogP contribution >= 0.6 is 0 Å². The zero-order valence-electron chi connectivity index (χ0n) is 17.3. The monoisotopic (exact) mass is 423 g/mol. The van der Waals surface area contributed by atoms with Crippen molar-refractivity contribution in [2.24, 2.45) is 0 Å². The largest absolute Gasteiger partial charge is 0.486 e. The fourth-order valence-electron chi connectivity index (χ4n) is 3.63. The van der Waals surface area contributed by atoms with Crippen LogP contribution in [0.2, 0.25) is 0 Å². The third-order valence-electron chi connectivity index (χ3n) is 5.26. The van der Waals surface area contributed by atoms with E-state index in [0.717, 1.165) is 11.4 Å². The van der Waals surface area contributed by atoms with E-state index < -0.39 is 18.4 Å². The Bertz CT molecular complexity index is 1140. The number of fused-ring (bicyclic) bond motifs is 1. The Kier molecular flexibility index (Phi) is 5.75. The number of Topliss-reactive ketones (excluding diaryl/α,β-unsaturated/α-hetero) is 1. The number of nitrogens with zero attached hydrogens (tertiary/aromatic N) is 1. The summed E-state index contributed by atoms with van der Waals surface area (Å²) in [5.41, 5.74) is 1.88. The van der Waals surface area contributed by atoms with Crippen LogP contribution in [0.15, 0.2) is 54.6 Å². The van der Waals surface area contributed by atoms with E-state index in [4.69, 9.17) is 14.2 Å². The van der Waals surface area contributed by atoms with Crippen molar-refractivity contribution in [3.05, 3.63) is 82.9 Å². The third-order valence-corrected chi connectivity index (χ3v) is 5.26. The molecule has 0 radical (unpaired) electrons. The highest BCUT2D eigenvalue weighted by Crippen LogP contribution is 2.31. The lowest BCUT2D eigenvalue weighted by atomic mass is 10.1. The molecule has 0 N–H and O–H groups in total. The molecule has 1 atom stereocenters. The third kappa shape index (κ3) is 4.30. The van der Waals surface area contributed by atoms with E-state index in [1.165, 1.54) is 24.3 Å². The number of carbonyl (C=O) groups excluding carboxylic acids is 2. The molecule has 4 rings (SSSR count). The second kappa shape index (κ2) is 8.63. The molecule has 0 bridgehead atoms. The smallest absolute Gasteiger partial charge is 0.341 e. The molecule has 0 unspecified atom stereocenters. The molecule has 0 aliphatic carbocycles. The normalized spacial score (nSPS) is 14.9. The van der Waals surface area contributed by atoms with Crippen molar-refractivity contribution in [3.63, 3.8) is 0 Å². The molecule has 1 aliphatic heterocycles. The molecule has 0 fully saturated rings. The molecule has 0 spiro atoms. The lowest BCUT2D eigenvalue weighted by molar-refractivity contribution is 0.0469. The van der Waals surface area contributed by atoms with Crippen LogP contribution in [-0.2, 0) is 11.3 Å². The lowest BCUT2D eigenvalue weighted by Crippen LogP contribution is -2.33. The molecule has 1 aromatic heterocycles. The van der Waals surface area contributed by atoms with E-state index in [2.05, 4.69) is 0 Å². The van der Waals surface area contributed by atoms with E-state index in [9.17, 15) is 14.0 Å². The lowest BCUT2D eigenvalue weighted by Gasteiger charge is -2.27. The first kappa shape index (κ1) is 20.7. The summed E-state index contributed by atoms with van der Waals surface area (Å²) in [4.78, 5) is 24.7. The average Bonchev–Trinajstić information content (AvgIpc) is 3.06. The van der Waals surface area contributed by atoms with Gasteiger partial charge in [0.1, 0.15) is 12.4 Å². The zero-order chi connectivity index (χ0) is 22.0. The van der Waals surface area contributed by atoms with Gasteiger partial charge in [0.15, 0.2) is 24.2 Å². The van der Waals surface area contributed by atoms with Crippen LogP contribution in [-0.4, -0.2) is 35.6 Å². The number of aromatic nitrogens is 1. The average molecular weight is 423 g/mol. The minimum atomic E-state index is -0.869. The molecule has 160 valence electrons. The standard InChI is InChI=1S/C24H22FNO5/c1-15-11-19(21(27)14-30-24(28)18-7-3-4-8-20(18)25)16(2)26(15)12-17-13-29-22-9-5-6-10-23(22)31-17/h3-11,17H,12-14H2,1-2H3/t17-/m0/s1. The number of halogens is 1. The van der Waals surface area contributed by atoms with Gasteiger partial charge in [-0.15, -0.1) is 0 Å². The maximum absolute atomic E-state index is 13.7. The molecule has 3 aromatic rings. The Morgan fingerprint density at radius 2 is 1.77 bits per heavy atom. The quantitative estimate of drug-likeness (QED) is 0.441. The summed E-state index contributed by atoms with van der Waals surface area (Å²) < 4.78 is 32.5. The number of esters is 1. The van der Waals surface area contributed by atoms with Gasteiger partial charge in [-0.2, -0.15) is 0 Å². The maximum atomic E-state index is 13.7. The van der Waals surface area contributed by atoms with Crippen LogP contribution in [0.5, 0.6) is 11.5 Å². The highest BCUT2D eigenvalue weighted by molar-refractivity contribution is 6.00. The first-order valence-electron chi connectivity index (χ1n) is 9.94. The fourth-order valence-corrected chi connectivity index (χ4v) is 3.63. The SMILES string of the molecule is Cc1cc(C(=O)COC(=O)c2ccccc2F)c(C)n1C[C@H]1COc2ccccc2O1. The Labute approximate surface area is 179 Å².